The van der Waals surface area contributed by atoms with Crippen LogP contribution >= 0.6 is 35.0 Å². The summed E-state index contributed by atoms with van der Waals surface area (Å²) in [6.45, 7) is 0.415. The Bertz CT molecular complexity index is 1180. The fraction of sp³-hybridized carbons (Fsp3) is 0.120. The van der Waals surface area contributed by atoms with Crippen LogP contribution in [0.4, 0.5) is 5.69 Å². The Kier molecular flexibility index (Phi) is 7.20. The molecule has 0 aromatic heterocycles. The summed E-state index contributed by atoms with van der Waals surface area (Å²) in [5, 5.41) is 4.15. The molecule has 0 bridgehead atoms. The summed E-state index contributed by atoms with van der Waals surface area (Å²) in [6, 6.07) is 22.4. The third-order valence-corrected chi connectivity index (χ3v) is 6.65. The van der Waals surface area contributed by atoms with Crippen molar-refractivity contribution < 1.29 is 9.59 Å². The van der Waals surface area contributed by atoms with Gasteiger partial charge in [0.25, 0.3) is 5.91 Å². The average Bonchev–Trinajstić information content (AvgIpc) is 2.79. The van der Waals surface area contributed by atoms with Gasteiger partial charge in [-0.2, -0.15) is 0 Å². The topological polar surface area (TPSA) is 49.4 Å². The van der Waals surface area contributed by atoms with Crippen molar-refractivity contribution in [2.75, 3.05) is 18.0 Å². The Labute approximate surface area is 201 Å². The maximum atomic E-state index is 13.3. The SMILES string of the molecule is O=C(CN1C(=O)/C(=C\c2ccccc2Cl)Sc2ccccc21)NCCc1ccc(Cl)cc1. The smallest absolute Gasteiger partial charge is 0.265 e. The van der Waals surface area contributed by atoms with Gasteiger partial charge in [0.2, 0.25) is 5.91 Å². The molecule has 7 heteroatoms. The second-order valence-electron chi connectivity index (χ2n) is 7.22. The third-order valence-electron chi connectivity index (χ3n) is 4.97. The van der Waals surface area contributed by atoms with E-state index in [1.165, 1.54) is 16.7 Å². The van der Waals surface area contributed by atoms with Crippen molar-refractivity contribution in [2.45, 2.75) is 11.3 Å². The van der Waals surface area contributed by atoms with Crippen molar-refractivity contribution in [1.82, 2.24) is 5.32 Å². The second kappa shape index (κ2) is 10.3. The number of fused-ring (bicyclic) bond motifs is 1. The molecule has 4 nitrogen and oxygen atoms in total. The van der Waals surface area contributed by atoms with E-state index >= 15 is 0 Å². The molecule has 0 spiro atoms. The zero-order valence-corrected chi connectivity index (χ0v) is 19.4. The molecule has 2 amide bonds. The number of thioether (sulfide) groups is 1. The summed E-state index contributed by atoms with van der Waals surface area (Å²) in [7, 11) is 0. The predicted octanol–water partition coefficient (Wildman–Crippen LogP) is 5.83. The van der Waals surface area contributed by atoms with Crippen LogP contribution in [0.1, 0.15) is 11.1 Å². The van der Waals surface area contributed by atoms with Crippen molar-refractivity contribution >= 4 is 58.5 Å². The molecule has 3 aromatic rings. The molecule has 0 aliphatic carbocycles. The number of benzene rings is 3. The monoisotopic (exact) mass is 482 g/mol. The highest BCUT2D eigenvalue weighted by Gasteiger charge is 2.30. The Hall–Kier alpha value is -2.73. The van der Waals surface area contributed by atoms with E-state index in [1.54, 1.807) is 12.1 Å². The molecule has 162 valence electrons. The zero-order valence-electron chi connectivity index (χ0n) is 17.1. The number of carbonyl (C=O) groups excluding carboxylic acids is 2. The van der Waals surface area contributed by atoms with Crippen LogP contribution in [0.3, 0.4) is 0 Å². The Morgan fingerprint density at radius 3 is 2.47 bits per heavy atom. The van der Waals surface area contributed by atoms with E-state index in [9.17, 15) is 9.59 Å². The minimum Gasteiger partial charge on any atom is -0.354 e. The molecule has 0 saturated carbocycles. The summed E-state index contributed by atoms with van der Waals surface area (Å²) < 4.78 is 0. The molecule has 0 unspecified atom stereocenters. The summed E-state index contributed by atoms with van der Waals surface area (Å²) >= 11 is 13.6. The van der Waals surface area contributed by atoms with Crippen molar-refractivity contribution in [3.05, 3.63) is 98.9 Å². The lowest BCUT2D eigenvalue weighted by Crippen LogP contribution is -2.43. The number of rotatable bonds is 6. The maximum Gasteiger partial charge on any atom is 0.265 e. The van der Waals surface area contributed by atoms with E-state index in [-0.39, 0.29) is 18.4 Å². The van der Waals surface area contributed by atoms with Gasteiger partial charge in [0.1, 0.15) is 6.54 Å². The van der Waals surface area contributed by atoms with Crippen LogP contribution in [-0.4, -0.2) is 24.9 Å². The molecule has 0 atom stereocenters. The van der Waals surface area contributed by atoms with Gasteiger partial charge in [-0.1, -0.05) is 77.4 Å². The fourth-order valence-corrected chi connectivity index (χ4v) is 4.72. The number of nitrogens with one attached hydrogen (secondary N) is 1. The number of nitrogens with zero attached hydrogens (tertiary/aromatic N) is 1. The summed E-state index contributed by atoms with van der Waals surface area (Å²) in [5.74, 6) is -0.437. The number of hydrogen-bond acceptors (Lipinski definition) is 3. The molecule has 0 radical (unpaired) electrons. The first-order chi connectivity index (χ1) is 15.5. The Morgan fingerprint density at radius 1 is 0.969 bits per heavy atom. The van der Waals surface area contributed by atoms with Crippen LogP contribution in [0.25, 0.3) is 6.08 Å². The number of carbonyl (C=O) groups is 2. The fourth-order valence-electron chi connectivity index (χ4n) is 3.35. The summed E-state index contributed by atoms with van der Waals surface area (Å²) in [4.78, 5) is 28.9. The van der Waals surface area contributed by atoms with Gasteiger partial charge in [-0.3, -0.25) is 14.5 Å². The number of halogens is 2. The van der Waals surface area contributed by atoms with Gasteiger partial charge in [-0.25, -0.2) is 0 Å². The van der Waals surface area contributed by atoms with Crippen LogP contribution in [0.15, 0.2) is 82.6 Å². The summed E-state index contributed by atoms with van der Waals surface area (Å²) in [6.07, 6.45) is 2.46. The molecule has 4 rings (SSSR count). The van der Waals surface area contributed by atoms with Crippen LogP contribution in [0, 0.1) is 0 Å². The molecule has 1 aliphatic rings. The summed E-state index contributed by atoms with van der Waals surface area (Å²) in [5.41, 5.74) is 2.57. The molecule has 0 fully saturated rings. The lowest BCUT2D eigenvalue weighted by molar-refractivity contribution is -0.122. The van der Waals surface area contributed by atoms with E-state index in [2.05, 4.69) is 5.32 Å². The van der Waals surface area contributed by atoms with E-state index in [1.807, 2.05) is 66.7 Å². The van der Waals surface area contributed by atoms with Gasteiger partial charge >= 0.3 is 0 Å². The van der Waals surface area contributed by atoms with Crippen molar-refractivity contribution in [3.8, 4) is 0 Å². The van der Waals surface area contributed by atoms with E-state index in [0.29, 0.717) is 27.9 Å². The number of amides is 2. The van der Waals surface area contributed by atoms with Gasteiger partial charge in [-0.15, -0.1) is 0 Å². The molecular formula is C25H20Cl2N2O2S. The van der Waals surface area contributed by atoms with Crippen molar-refractivity contribution in [2.24, 2.45) is 0 Å². The van der Waals surface area contributed by atoms with Gasteiger partial charge < -0.3 is 5.32 Å². The second-order valence-corrected chi connectivity index (χ2v) is 9.15. The minimum absolute atomic E-state index is 0.0586. The average molecular weight is 483 g/mol. The first-order valence-corrected chi connectivity index (χ1v) is 11.6. The normalized spacial score (nSPS) is 14.4. The van der Waals surface area contributed by atoms with Crippen molar-refractivity contribution in [1.29, 1.82) is 0 Å². The number of para-hydroxylation sites is 1. The highest BCUT2D eigenvalue weighted by molar-refractivity contribution is 8.04. The van der Waals surface area contributed by atoms with E-state index in [0.717, 1.165) is 21.7 Å². The lowest BCUT2D eigenvalue weighted by Gasteiger charge is -2.29. The molecular weight excluding hydrogens is 463 g/mol. The molecule has 0 saturated heterocycles. The minimum atomic E-state index is -0.221. The van der Waals surface area contributed by atoms with E-state index in [4.69, 9.17) is 23.2 Å². The Balaban J connectivity index is 1.48. The molecule has 3 aromatic carbocycles. The quantitative estimate of drug-likeness (QED) is 0.449. The maximum absolute atomic E-state index is 13.3. The predicted molar refractivity (Wildman–Crippen MR) is 132 cm³/mol. The molecule has 1 heterocycles. The van der Waals surface area contributed by atoms with Gasteiger partial charge in [0.05, 0.1) is 10.6 Å². The highest BCUT2D eigenvalue weighted by atomic mass is 35.5. The molecule has 32 heavy (non-hydrogen) atoms. The van der Waals surface area contributed by atoms with Gasteiger partial charge in [0.15, 0.2) is 0 Å². The van der Waals surface area contributed by atoms with Crippen LogP contribution in [-0.2, 0) is 16.0 Å². The first kappa shape index (κ1) is 22.5. The largest absolute Gasteiger partial charge is 0.354 e. The highest BCUT2D eigenvalue weighted by Crippen LogP contribution is 2.42. The van der Waals surface area contributed by atoms with Crippen LogP contribution in [0.5, 0.6) is 0 Å². The standard InChI is InChI=1S/C25H20Cl2N2O2S/c26-19-11-9-17(10-12-19)13-14-28-24(30)16-29-21-7-3-4-8-22(21)32-23(25(29)31)15-18-5-1-2-6-20(18)27/h1-12,15H,13-14,16H2,(H,28,30)/b23-15+. The molecule has 1 aliphatic heterocycles. The van der Waals surface area contributed by atoms with Gasteiger partial charge in [0, 0.05) is 21.5 Å². The Morgan fingerprint density at radius 2 is 1.69 bits per heavy atom. The zero-order chi connectivity index (χ0) is 22.5. The molecule has 1 N–H and O–H groups in total. The van der Waals surface area contributed by atoms with Crippen LogP contribution in [0.2, 0.25) is 10.0 Å². The first-order valence-electron chi connectivity index (χ1n) is 10.1. The third kappa shape index (κ3) is 5.36. The number of anilines is 1. The van der Waals surface area contributed by atoms with Crippen molar-refractivity contribution in [3.63, 3.8) is 0 Å². The van der Waals surface area contributed by atoms with Crippen LogP contribution < -0.4 is 10.2 Å². The lowest BCUT2D eigenvalue weighted by atomic mass is 10.1. The van der Waals surface area contributed by atoms with E-state index < -0.39 is 0 Å². The van der Waals surface area contributed by atoms with Gasteiger partial charge in [-0.05, 0) is 54.0 Å². The number of hydrogen-bond donors (Lipinski definition) is 1.